The van der Waals surface area contributed by atoms with Gasteiger partial charge in [-0.1, -0.05) is 0 Å². The lowest BCUT2D eigenvalue weighted by molar-refractivity contribution is 0.0951. The topological polar surface area (TPSA) is 41.1 Å². The van der Waals surface area contributed by atoms with Crippen LogP contribution in [-0.4, -0.2) is 12.5 Å². The van der Waals surface area contributed by atoms with E-state index >= 15 is 0 Å². The predicted octanol–water partition coefficient (Wildman–Crippen LogP) is 3.73. The number of amides is 1. The molecule has 2 aromatic rings. The molecule has 0 aliphatic heterocycles. The van der Waals surface area contributed by atoms with Crippen LogP contribution in [0.1, 0.15) is 33.3 Å². The quantitative estimate of drug-likeness (QED) is 0.880. The number of anilines is 1. The lowest BCUT2D eigenvalue weighted by Crippen LogP contribution is -2.22. The molecule has 2 rings (SSSR count). The number of rotatable bonds is 5. The molecule has 1 aromatic carbocycles. The molecule has 0 atom stereocenters. The highest BCUT2D eigenvalue weighted by Crippen LogP contribution is 2.17. The molecule has 0 unspecified atom stereocenters. The predicted molar refractivity (Wildman–Crippen MR) is 85.6 cm³/mol. The number of carbonyl (C=O) groups is 1. The standard InChI is InChI=1S/C16H20N2OS/c1-4-17-14-6-5-13(9-12(14)3)16(19)18-10-15-11(2)7-8-20-15/h5-9,17H,4,10H2,1-3H3,(H,18,19). The number of hydrogen-bond donors (Lipinski definition) is 2. The number of carbonyl (C=O) groups excluding carboxylic acids is 1. The summed E-state index contributed by atoms with van der Waals surface area (Å²) in [7, 11) is 0. The first-order valence-corrected chi connectivity index (χ1v) is 7.65. The fourth-order valence-corrected chi connectivity index (χ4v) is 2.89. The van der Waals surface area contributed by atoms with Gasteiger partial charge in [-0.2, -0.15) is 0 Å². The zero-order valence-electron chi connectivity index (χ0n) is 12.1. The van der Waals surface area contributed by atoms with Crippen molar-refractivity contribution in [1.29, 1.82) is 0 Å². The molecule has 20 heavy (non-hydrogen) atoms. The zero-order valence-corrected chi connectivity index (χ0v) is 12.9. The Labute approximate surface area is 124 Å². The third kappa shape index (κ3) is 3.39. The molecule has 0 spiro atoms. The number of hydrogen-bond acceptors (Lipinski definition) is 3. The third-order valence-electron chi connectivity index (χ3n) is 3.23. The van der Waals surface area contributed by atoms with Crippen LogP contribution in [0.5, 0.6) is 0 Å². The largest absolute Gasteiger partial charge is 0.385 e. The normalized spacial score (nSPS) is 10.3. The first kappa shape index (κ1) is 14.6. The van der Waals surface area contributed by atoms with Crippen LogP contribution in [0.25, 0.3) is 0 Å². The Bertz CT molecular complexity index is 604. The van der Waals surface area contributed by atoms with E-state index in [1.54, 1.807) is 11.3 Å². The summed E-state index contributed by atoms with van der Waals surface area (Å²) in [5, 5.41) is 8.29. The lowest BCUT2D eigenvalue weighted by Gasteiger charge is -2.10. The van der Waals surface area contributed by atoms with Crippen molar-refractivity contribution in [2.75, 3.05) is 11.9 Å². The summed E-state index contributed by atoms with van der Waals surface area (Å²) in [6.45, 7) is 7.61. The van der Waals surface area contributed by atoms with Crippen LogP contribution in [0.4, 0.5) is 5.69 Å². The molecule has 0 aliphatic carbocycles. The number of nitrogens with one attached hydrogen (secondary N) is 2. The Balaban J connectivity index is 2.02. The van der Waals surface area contributed by atoms with Gasteiger partial charge in [0.2, 0.25) is 0 Å². The third-order valence-corrected chi connectivity index (χ3v) is 4.26. The average Bonchev–Trinajstić information content (AvgIpc) is 2.84. The van der Waals surface area contributed by atoms with Crippen LogP contribution in [0.15, 0.2) is 29.6 Å². The SMILES string of the molecule is CCNc1ccc(C(=O)NCc2sccc2C)cc1C. The lowest BCUT2D eigenvalue weighted by atomic mass is 10.1. The second kappa shape index (κ2) is 6.57. The summed E-state index contributed by atoms with van der Waals surface area (Å²) in [6.07, 6.45) is 0. The fourth-order valence-electron chi connectivity index (χ4n) is 2.04. The number of thiophene rings is 1. The van der Waals surface area contributed by atoms with Crippen molar-refractivity contribution < 1.29 is 4.79 Å². The van der Waals surface area contributed by atoms with E-state index in [0.717, 1.165) is 17.8 Å². The fraction of sp³-hybridized carbons (Fsp3) is 0.312. The van der Waals surface area contributed by atoms with Gasteiger partial charge in [0.05, 0.1) is 6.54 Å². The smallest absolute Gasteiger partial charge is 0.251 e. The summed E-state index contributed by atoms with van der Waals surface area (Å²) in [4.78, 5) is 13.4. The molecular formula is C16H20N2OS. The van der Waals surface area contributed by atoms with Gasteiger partial charge in [-0.25, -0.2) is 0 Å². The highest BCUT2D eigenvalue weighted by atomic mass is 32.1. The van der Waals surface area contributed by atoms with Gasteiger partial charge >= 0.3 is 0 Å². The highest BCUT2D eigenvalue weighted by Gasteiger charge is 2.08. The second-order valence-electron chi connectivity index (χ2n) is 4.77. The minimum Gasteiger partial charge on any atom is -0.385 e. The van der Waals surface area contributed by atoms with Crippen LogP contribution in [-0.2, 0) is 6.54 Å². The number of aryl methyl sites for hydroxylation is 2. The van der Waals surface area contributed by atoms with E-state index in [0.29, 0.717) is 12.1 Å². The monoisotopic (exact) mass is 288 g/mol. The maximum Gasteiger partial charge on any atom is 0.251 e. The van der Waals surface area contributed by atoms with Crippen molar-refractivity contribution >= 4 is 22.9 Å². The van der Waals surface area contributed by atoms with Crippen LogP contribution in [0.2, 0.25) is 0 Å². The molecule has 106 valence electrons. The van der Waals surface area contributed by atoms with Gasteiger partial charge in [-0.15, -0.1) is 11.3 Å². The van der Waals surface area contributed by atoms with Gasteiger partial charge in [-0.3, -0.25) is 4.79 Å². The number of benzene rings is 1. The van der Waals surface area contributed by atoms with Crippen molar-refractivity contribution in [2.45, 2.75) is 27.3 Å². The molecule has 2 N–H and O–H groups in total. The van der Waals surface area contributed by atoms with Gasteiger partial charge in [0.1, 0.15) is 0 Å². The van der Waals surface area contributed by atoms with Crippen molar-refractivity contribution in [3.05, 3.63) is 51.2 Å². The Hall–Kier alpha value is -1.81. The molecular weight excluding hydrogens is 268 g/mol. The van der Waals surface area contributed by atoms with Crippen molar-refractivity contribution in [3.63, 3.8) is 0 Å². The van der Waals surface area contributed by atoms with Gasteiger partial charge in [0.25, 0.3) is 5.91 Å². The van der Waals surface area contributed by atoms with Gasteiger partial charge in [0, 0.05) is 22.7 Å². The molecule has 1 heterocycles. The van der Waals surface area contributed by atoms with Crippen LogP contribution in [0.3, 0.4) is 0 Å². The molecule has 0 fully saturated rings. The van der Waals surface area contributed by atoms with E-state index in [4.69, 9.17) is 0 Å². The Morgan fingerprint density at radius 2 is 2.00 bits per heavy atom. The molecule has 3 nitrogen and oxygen atoms in total. The van der Waals surface area contributed by atoms with E-state index < -0.39 is 0 Å². The molecule has 0 radical (unpaired) electrons. The summed E-state index contributed by atoms with van der Waals surface area (Å²) in [5.41, 5.74) is 4.11. The van der Waals surface area contributed by atoms with Gasteiger partial charge < -0.3 is 10.6 Å². The van der Waals surface area contributed by atoms with E-state index in [-0.39, 0.29) is 5.91 Å². The summed E-state index contributed by atoms with van der Waals surface area (Å²) in [6, 6.07) is 7.82. The summed E-state index contributed by atoms with van der Waals surface area (Å²) < 4.78 is 0. The Kier molecular flexibility index (Phi) is 4.79. The molecule has 1 aromatic heterocycles. The molecule has 0 saturated heterocycles. The second-order valence-corrected chi connectivity index (χ2v) is 5.77. The Morgan fingerprint density at radius 3 is 2.60 bits per heavy atom. The maximum absolute atomic E-state index is 12.1. The first-order valence-electron chi connectivity index (χ1n) is 6.77. The highest BCUT2D eigenvalue weighted by molar-refractivity contribution is 7.10. The summed E-state index contributed by atoms with van der Waals surface area (Å²) in [5.74, 6) is -0.0241. The minimum absolute atomic E-state index is 0.0241. The van der Waals surface area contributed by atoms with E-state index in [1.807, 2.05) is 30.5 Å². The molecule has 0 saturated carbocycles. The van der Waals surface area contributed by atoms with E-state index in [2.05, 4.69) is 30.5 Å². The minimum atomic E-state index is -0.0241. The van der Waals surface area contributed by atoms with Gasteiger partial charge in [-0.05, 0) is 61.5 Å². The summed E-state index contributed by atoms with van der Waals surface area (Å²) >= 11 is 1.67. The van der Waals surface area contributed by atoms with Crippen LogP contribution >= 0.6 is 11.3 Å². The Morgan fingerprint density at radius 1 is 1.20 bits per heavy atom. The van der Waals surface area contributed by atoms with Crippen molar-refractivity contribution in [2.24, 2.45) is 0 Å². The first-order chi connectivity index (χ1) is 9.61. The van der Waals surface area contributed by atoms with Crippen molar-refractivity contribution in [1.82, 2.24) is 5.32 Å². The average molecular weight is 288 g/mol. The molecule has 0 aliphatic rings. The van der Waals surface area contributed by atoms with E-state index in [9.17, 15) is 4.79 Å². The zero-order chi connectivity index (χ0) is 14.5. The van der Waals surface area contributed by atoms with Gasteiger partial charge in [0.15, 0.2) is 0 Å². The molecule has 0 bridgehead atoms. The maximum atomic E-state index is 12.1. The molecule has 1 amide bonds. The molecule has 4 heteroatoms. The van der Waals surface area contributed by atoms with E-state index in [1.165, 1.54) is 10.4 Å². The van der Waals surface area contributed by atoms with Crippen molar-refractivity contribution in [3.8, 4) is 0 Å². The van der Waals surface area contributed by atoms with Crippen LogP contribution < -0.4 is 10.6 Å². The van der Waals surface area contributed by atoms with Crippen LogP contribution in [0, 0.1) is 13.8 Å².